The van der Waals surface area contributed by atoms with Crippen LogP contribution in [0.3, 0.4) is 0 Å². The number of sulfonamides is 2. The van der Waals surface area contributed by atoms with Gasteiger partial charge in [-0.25, -0.2) is 16.8 Å². The lowest BCUT2D eigenvalue weighted by Gasteiger charge is -2.30. The number of rotatable bonds is 8. The third-order valence-corrected chi connectivity index (χ3v) is 8.26. The van der Waals surface area contributed by atoms with Crippen molar-refractivity contribution in [1.29, 1.82) is 0 Å². The maximum atomic E-state index is 13.0. The number of amides is 1. The Kier molecular flexibility index (Phi) is 7.03. The fourth-order valence-electron chi connectivity index (χ4n) is 3.65. The molecule has 0 spiro atoms. The number of anilines is 2. The fourth-order valence-corrected chi connectivity index (χ4v) is 6.38. The second kappa shape index (κ2) is 9.37. The quantitative estimate of drug-likeness (QED) is 0.645. The van der Waals surface area contributed by atoms with Crippen molar-refractivity contribution in [2.45, 2.75) is 37.1 Å². The molecule has 3 rings (SSSR count). The summed E-state index contributed by atoms with van der Waals surface area (Å²) in [7, 11) is -7.26. The second-order valence-corrected chi connectivity index (χ2v) is 11.2. The summed E-state index contributed by atoms with van der Waals surface area (Å²) in [5.74, 6) is -0.494. The van der Waals surface area contributed by atoms with Crippen LogP contribution in [0.1, 0.15) is 26.2 Å². The van der Waals surface area contributed by atoms with E-state index in [4.69, 9.17) is 0 Å². The highest BCUT2D eigenvalue weighted by molar-refractivity contribution is 7.92. The Hall–Kier alpha value is -2.43. The van der Waals surface area contributed by atoms with Gasteiger partial charge in [0, 0.05) is 18.8 Å². The van der Waals surface area contributed by atoms with Gasteiger partial charge in [-0.15, -0.1) is 0 Å². The molecule has 31 heavy (non-hydrogen) atoms. The first-order valence-electron chi connectivity index (χ1n) is 10.1. The van der Waals surface area contributed by atoms with E-state index >= 15 is 0 Å². The van der Waals surface area contributed by atoms with Crippen molar-refractivity contribution in [3.63, 3.8) is 0 Å². The van der Waals surface area contributed by atoms with Crippen LogP contribution < -0.4 is 9.62 Å². The van der Waals surface area contributed by atoms with Gasteiger partial charge >= 0.3 is 0 Å². The monoisotopic (exact) mass is 465 g/mol. The van der Waals surface area contributed by atoms with Crippen molar-refractivity contribution in [1.82, 2.24) is 4.31 Å². The summed E-state index contributed by atoms with van der Waals surface area (Å²) in [6.45, 7) is 2.76. The van der Waals surface area contributed by atoms with E-state index < -0.39 is 32.0 Å². The summed E-state index contributed by atoms with van der Waals surface area (Å²) >= 11 is 0. The van der Waals surface area contributed by atoms with Crippen molar-refractivity contribution < 1.29 is 21.6 Å². The Balaban J connectivity index is 1.80. The molecule has 1 N–H and O–H groups in total. The molecule has 2 aromatic rings. The SMILES string of the molecule is CC[C@@H](C(=O)Nc1ccc(S(=O)(=O)N2CCCC2)cc1)N(c1ccccc1)S(C)(=O)=O. The van der Waals surface area contributed by atoms with E-state index in [1.165, 1.54) is 28.6 Å². The molecule has 0 aliphatic carbocycles. The first kappa shape index (κ1) is 23.2. The van der Waals surface area contributed by atoms with Gasteiger partial charge in [0.2, 0.25) is 26.0 Å². The number of carbonyl (C=O) groups is 1. The third kappa shape index (κ3) is 5.25. The molecule has 2 aromatic carbocycles. The average molecular weight is 466 g/mol. The smallest absolute Gasteiger partial charge is 0.248 e. The van der Waals surface area contributed by atoms with E-state index in [2.05, 4.69) is 5.32 Å². The number of nitrogens with one attached hydrogen (secondary N) is 1. The molecule has 1 heterocycles. The van der Waals surface area contributed by atoms with Gasteiger partial charge in [0.25, 0.3) is 0 Å². The van der Waals surface area contributed by atoms with Crippen LogP contribution in [0.5, 0.6) is 0 Å². The van der Waals surface area contributed by atoms with E-state index in [-0.39, 0.29) is 11.3 Å². The zero-order valence-corrected chi connectivity index (χ0v) is 19.2. The van der Waals surface area contributed by atoms with E-state index in [0.717, 1.165) is 23.4 Å². The summed E-state index contributed by atoms with van der Waals surface area (Å²) in [5, 5.41) is 2.71. The molecule has 0 aromatic heterocycles. The van der Waals surface area contributed by atoms with Crippen LogP contribution >= 0.6 is 0 Å². The Bertz CT molecular complexity index is 1110. The summed E-state index contributed by atoms with van der Waals surface area (Å²) < 4.78 is 52.7. The van der Waals surface area contributed by atoms with Crippen LogP contribution in [0.15, 0.2) is 59.5 Å². The van der Waals surface area contributed by atoms with Crippen molar-refractivity contribution in [3.05, 3.63) is 54.6 Å². The van der Waals surface area contributed by atoms with Crippen molar-refractivity contribution in [2.75, 3.05) is 29.0 Å². The molecule has 168 valence electrons. The average Bonchev–Trinajstić information content (AvgIpc) is 3.28. The first-order valence-corrected chi connectivity index (χ1v) is 13.4. The van der Waals surface area contributed by atoms with E-state index in [1.54, 1.807) is 37.3 Å². The molecule has 1 atom stereocenters. The normalized spacial score (nSPS) is 16.1. The van der Waals surface area contributed by atoms with Crippen molar-refractivity contribution >= 4 is 37.3 Å². The summed E-state index contributed by atoms with van der Waals surface area (Å²) in [6.07, 6.45) is 3.03. The van der Waals surface area contributed by atoms with E-state index in [1.807, 2.05) is 0 Å². The summed E-state index contributed by atoms with van der Waals surface area (Å²) in [4.78, 5) is 13.1. The summed E-state index contributed by atoms with van der Waals surface area (Å²) in [6, 6.07) is 13.4. The van der Waals surface area contributed by atoms with E-state index in [9.17, 15) is 21.6 Å². The van der Waals surface area contributed by atoms with Gasteiger partial charge in [-0.05, 0) is 55.7 Å². The lowest BCUT2D eigenvalue weighted by molar-refractivity contribution is -0.117. The van der Waals surface area contributed by atoms with Crippen LogP contribution in [0.4, 0.5) is 11.4 Å². The Morgan fingerprint density at radius 3 is 2.10 bits per heavy atom. The maximum absolute atomic E-state index is 13.0. The minimum absolute atomic E-state index is 0.168. The lowest BCUT2D eigenvalue weighted by atomic mass is 10.2. The number of hydrogen-bond donors (Lipinski definition) is 1. The third-order valence-electron chi connectivity index (χ3n) is 5.17. The predicted molar refractivity (Wildman–Crippen MR) is 121 cm³/mol. The lowest BCUT2D eigenvalue weighted by Crippen LogP contribution is -2.46. The highest BCUT2D eigenvalue weighted by Crippen LogP contribution is 2.25. The molecule has 1 aliphatic heterocycles. The van der Waals surface area contributed by atoms with Crippen LogP contribution in [-0.4, -0.2) is 52.4 Å². The number of carbonyl (C=O) groups excluding carboxylic acids is 1. The van der Waals surface area contributed by atoms with Gasteiger partial charge in [-0.1, -0.05) is 25.1 Å². The highest BCUT2D eigenvalue weighted by Gasteiger charge is 2.32. The summed E-state index contributed by atoms with van der Waals surface area (Å²) in [5.41, 5.74) is 0.796. The molecule has 1 fully saturated rings. The highest BCUT2D eigenvalue weighted by atomic mass is 32.2. The maximum Gasteiger partial charge on any atom is 0.248 e. The largest absolute Gasteiger partial charge is 0.324 e. The molecule has 0 radical (unpaired) electrons. The first-order chi connectivity index (χ1) is 14.6. The molecule has 0 bridgehead atoms. The van der Waals surface area contributed by atoms with Gasteiger partial charge in [-0.2, -0.15) is 4.31 Å². The van der Waals surface area contributed by atoms with Gasteiger partial charge in [0.05, 0.1) is 16.8 Å². The van der Waals surface area contributed by atoms with Crippen LogP contribution in [0.2, 0.25) is 0 Å². The predicted octanol–water partition coefficient (Wildman–Crippen LogP) is 2.65. The zero-order valence-electron chi connectivity index (χ0n) is 17.6. The van der Waals surface area contributed by atoms with Crippen LogP contribution in [0, 0.1) is 0 Å². The molecule has 8 nitrogen and oxygen atoms in total. The molecular formula is C21H27N3O5S2. The van der Waals surface area contributed by atoms with Gasteiger partial charge in [0.15, 0.2) is 0 Å². The number of nitrogens with zero attached hydrogens (tertiary/aromatic N) is 2. The zero-order chi connectivity index (χ0) is 22.6. The topological polar surface area (TPSA) is 104 Å². The van der Waals surface area contributed by atoms with Gasteiger partial charge < -0.3 is 5.32 Å². The van der Waals surface area contributed by atoms with E-state index in [0.29, 0.717) is 24.5 Å². The van der Waals surface area contributed by atoms with Crippen molar-refractivity contribution in [3.8, 4) is 0 Å². The number of hydrogen-bond acceptors (Lipinski definition) is 5. The van der Waals surface area contributed by atoms with Gasteiger partial charge in [-0.3, -0.25) is 9.10 Å². The number of para-hydroxylation sites is 1. The Labute approximate surface area is 184 Å². The molecule has 1 amide bonds. The molecule has 0 unspecified atom stereocenters. The fraction of sp³-hybridized carbons (Fsp3) is 0.381. The van der Waals surface area contributed by atoms with Crippen molar-refractivity contribution in [2.24, 2.45) is 0 Å². The molecular weight excluding hydrogens is 438 g/mol. The van der Waals surface area contributed by atoms with Crippen LogP contribution in [0.25, 0.3) is 0 Å². The molecule has 10 heteroatoms. The molecule has 1 saturated heterocycles. The molecule has 1 aliphatic rings. The Morgan fingerprint density at radius 2 is 1.58 bits per heavy atom. The standard InChI is InChI=1S/C21H27N3O5S2/c1-3-20(24(30(2,26)27)18-9-5-4-6-10-18)21(25)22-17-11-13-19(14-12-17)31(28,29)23-15-7-8-16-23/h4-6,9-14,20H,3,7-8,15-16H2,1-2H3,(H,22,25)/t20-/m0/s1. The minimum atomic E-state index is -3.71. The minimum Gasteiger partial charge on any atom is -0.324 e. The second-order valence-electron chi connectivity index (χ2n) is 7.44. The Morgan fingerprint density at radius 1 is 1.00 bits per heavy atom. The number of benzene rings is 2. The molecule has 0 saturated carbocycles. The van der Waals surface area contributed by atoms with Crippen LogP contribution in [-0.2, 0) is 24.8 Å². The van der Waals surface area contributed by atoms with Gasteiger partial charge in [0.1, 0.15) is 6.04 Å².